The highest BCUT2D eigenvalue weighted by Crippen LogP contribution is 2.21. The van der Waals surface area contributed by atoms with Crippen molar-refractivity contribution >= 4 is 29.9 Å². The lowest BCUT2D eigenvalue weighted by molar-refractivity contribution is 0.136. The van der Waals surface area contributed by atoms with Crippen molar-refractivity contribution in [2.45, 2.75) is 66.3 Å². The Labute approximate surface area is 179 Å². The molecule has 156 valence electrons. The molecule has 0 radical (unpaired) electrons. The summed E-state index contributed by atoms with van der Waals surface area (Å²) in [5.41, 5.74) is 0.398. The molecule has 5 nitrogen and oxygen atoms in total. The van der Waals surface area contributed by atoms with Crippen LogP contribution in [-0.4, -0.2) is 74.7 Å². The lowest BCUT2D eigenvalue weighted by Gasteiger charge is -2.34. The van der Waals surface area contributed by atoms with Crippen LogP contribution in [0.2, 0.25) is 0 Å². The van der Waals surface area contributed by atoms with Crippen molar-refractivity contribution in [3.63, 3.8) is 0 Å². The molecule has 0 aromatic carbocycles. The molecule has 0 bridgehead atoms. The minimum absolute atomic E-state index is 0. The molecule has 1 atom stereocenters. The van der Waals surface area contributed by atoms with Gasteiger partial charge in [0, 0.05) is 45.8 Å². The number of nitrogens with zero attached hydrogens (tertiary/aromatic N) is 3. The third-order valence-electron chi connectivity index (χ3n) is 5.04. The van der Waals surface area contributed by atoms with Crippen molar-refractivity contribution in [2.24, 2.45) is 10.4 Å². The molecule has 1 saturated heterocycles. The number of hydrogen-bond acceptors (Lipinski definition) is 3. The molecule has 1 unspecified atom stereocenters. The number of halogens is 1. The largest absolute Gasteiger partial charge is 0.356 e. The van der Waals surface area contributed by atoms with Gasteiger partial charge in [0.1, 0.15) is 0 Å². The molecule has 0 saturated carbocycles. The van der Waals surface area contributed by atoms with Gasteiger partial charge in [0.05, 0.1) is 0 Å². The minimum Gasteiger partial charge on any atom is -0.356 e. The predicted octanol–water partition coefficient (Wildman–Crippen LogP) is 3.40. The van der Waals surface area contributed by atoms with Crippen LogP contribution >= 0.6 is 24.0 Å². The molecule has 26 heavy (non-hydrogen) atoms. The molecule has 0 aromatic heterocycles. The van der Waals surface area contributed by atoms with Crippen LogP contribution in [0.1, 0.15) is 60.3 Å². The van der Waals surface area contributed by atoms with Gasteiger partial charge in [-0.15, -0.1) is 24.0 Å². The lowest BCUT2D eigenvalue weighted by Crippen LogP contribution is -2.46. The summed E-state index contributed by atoms with van der Waals surface area (Å²) in [5.74, 6) is 0.943. The van der Waals surface area contributed by atoms with E-state index in [4.69, 9.17) is 0 Å². The average molecular weight is 482 g/mol. The zero-order valence-corrected chi connectivity index (χ0v) is 20.4. The van der Waals surface area contributed by atoms with E-state index >= 15 is 0 Å². The Hall–Kier alpha value is -0.0800. The minimum atomic E-state index is 0. The van der Waals surface area contributed by atoms with E-state index in [0.717, 1.165) is 12.5 Å². The summed E-state index contributed by atoms with van der Waals surface area (Å²) < 4.78 is 0. The van der Waals surface area contributed by atoms with Gasteiger partial charge in [-0.2, -0.15) is 0 Å². The monoisotopic (exact) mass is 481 g/mol. The number of rotatable bonds is 9. The Kier molecular flexibility index (Phi) is 14.0. The highest BCUT2D eigenvalue weighted by atomic mass is 127. The van der Waals surface area contributed by atoms with Crippen LogP contribution < -0.4 is 10.6 Å². The Morgan fingerprint density at radius 3 is 2.23 bits per heavy atom. The van der Waals surface area contributed by atoms with E-state index in [2.05, 4.69) is 60.0 Å². The van der Waals surface area contributed by atoms with Crippen molar-refractivity contribution in [3.05, 3.63) is 0 Å². The van der Waals surface area contributed by atoms with Crippen molar-refractivity contribution < 1.29 is 0 Å². The Morgan fingerprint density at radius 2 is 1.69 bits per heavy atom. The maximum atomic E-state index is 4.36. The van der Waals surface area contributed by atoms with Gasteiger partial charge in [-0.25, -0.2) is 0 Å². The molecule has 0 aliphatic carbocycles. The molecule has 1 heterocycles. The van der Waals surface area contributed by atoms with Crippen LogP contribution in [0, 0.1) is 5.41 Å². The maximum absolute atomic E-state index is 4.36. The molecule has 1 fully saturated rings. The summed E-state index contributed by atoms with van der Waals surface area (Å²) in [6, 6.07) is 0.459. The number of nitrogens with one attached hydrogen (secondary N) is 2. The molecular weight excluding hydrogens is 437 g/mol. The zero-order chi connectivity index (χ0) is 18.7. The first-order valence-electron chi connectivity index (χ1n) is 10.3. The van der Waals surface area contributed by atoms with Crippen LogP contribution in [0.4, 0.5) is 0 Å². The van der Waals surface area contributed by atoms with Gasteiger partial charge in [0.15, 0.2) is 5.96 Å². The zero-order valence-electron chi connectivity index (χ0n) is 18.1. The third-order valence-corrected chi connectivity index (χ3v) is 5.04. The van der Waals surface area contributed by atoms with Gasteiger partial charge in [-0.3, -0.25) is 4.99 Å². The number of piperazine rings is 1. The van der Waals surface area contributed by atoms with Crippen molar-refractivity contribution in [2.75, 3.05) is 52.9 Å². The first-order valence-corrected chi connectivity index (χ1v) is 10.3. The highest BCUT2D eigenvalue weighted by Gasteiger charge is 2.15. The second kappa shape index (κ2) is 14.0. The smallest absolute Gasteiger partial charge is 0.191 e. The van der Waals surface area contributed by atoms with Crippen molar-refractivity contribution in [1.82, 2.24) is 20.4 Å². The van der Waals surface area contributed by atoms with E-state index in [1.807, 2.05) is 7.05 Å². The van der Waals surface area contributed by atoms with Gasteiger partial charge in [0.25, 0.3) is 0 Å². The summed E-state index contributed by atoms with van der Waals surface area (Å²) in [4.78, 5) is 9.50. The summed E-state index contributed by atoms with van der Waals surface area (Å²) in [6.45, 7) is 19.8. The fourth-order valence-electron chi connectivity index (χ4n) is 3.15. The van der Waals surface area contributed by atoms with E-state index in [1.54, 1.807) is 0 Å². The Balaban J connectivity index is 0.00000625. The van der Waals surface area contributed by atoms with Gasteiger partial charge >= 0.3 is 0 Å². The summed E-state index contributed by atoms with van der Waals surface area (Å²) >= 11 is 0. The van der Waals surface area contributed by atoms with Gasteiger partial charge in [0.2, 0.25) is 0 Å². The fourth-order valence-corrected chi connectivity index (χ4v) is 3.15. The quantitative estimate of drug-likeness (QED) is 0.229. The van der Waals surface area contributed by atoms with Crippen molar-refractivity contribution in [3.8, 4) is 0 Å². The number of guanidine groups is 1. The molecule has 2 N–H and O–H groups in total. The first kappa shape index (κ1) is 25.9. The van der Waals surface area contributed by atoms with Gasteiger partial charge in [-0.05, 0) is 51.1 Å². The topological polar surface area (TPSA) is 42.9 Å². The number of unbranched alkanes of at least 4 members (excludes halogenated alkanes) is 1. The lowest BCUT2D eigenvalue weighted by atomic mass is 9.89. The summed E-state index contributed by atoms with van der Waals surface area (Å²) in [6.07, 6.45) is 4.86. The van der Waals surface area contributed by atoms with Gasteiger partial charge < -0.3 is 20.4 Å². The Bertz CT molecular complexity index is 373. The molecule has 1 rings (SSSR count). The van der Waals surface area contributed by atoms with Crippen LogP contribution in [0.5, 0.6) is 0 Å². The second-order valence-corrected chi connectivity index (χ2v) is 8.63. The standard InChI is InChI=1S/C20H43N5.HI/c1-7-24-14-16-25(17-15-24)13-9-8-12-22-19(21-6)23-18(2)10-11-20(3,4)5;/h18H,7-17H2,1-6H3,(H2,21,22,23);1H. The van der Waals surface area contributed by atoms with Crippen molar-refractivity contribution in [1.29, 1.82) is 0 Å². The number of likely N-dealkylation sites (N-methyl/N-ethyl adjacent to an activating group) is 1. The SMILES string of the molecule is CCN1CCN(CCCCNC(=NC)NC(C)CCC(C)(C)C)CC1.I. The number of aliphatic imine (C=N–C) groups is 1. The normalized spacial score (nSPS) is 18.3. The molecule has 6 heteroatoms. The maximum Gasteiger partial charge on any atom is 0.191 e. The summed E-state index contributed by atoms with van der Waals surface area (Å²) in [5, 5.41) is 6.98. The highest BCUT2D eigenvalue weighted by molar-refractivity contribution is 14.0. The van der Waals surface area contributed by atoms with Crippen LogP contribution in [0.3, 0.4) is 0 Å². The number of hydrogen-bond donors (Lipinski definition) is 2. The molecule has 1 aliphatic rings. The van der Waals surface area contributed by atoms with Crippen LogP contribution in [-0.2, 0) is 0 Å². The molecule has 1 aliphatic heterocycles. The van der Waals surface area contributed by atoms with E-state index in [0.29, 0.717) is 11.5 Å². The first-order chi connectivity index (χ1) is 11.8. The predicted molar refractivity (Wildman–Crippen MR) is 126 cm³/mol. The molecule has 0 aromatic rings. The second-order valence-electron chi connectivity index (χ2n) is 8.63. The van der Waals surface area contributed by atoms with Crippen LogP contribution in [0.25, 0.3) is 0 Å². The van der Waals surface area contributed by atoms with E-state index < -0.39 is 0 Å². The molecule has 0 amide bonds. The third kappa shape index (κ3) is 12.3. The molecule has 0 spiro atoms. The van der Waals surface area contributed by atoms with E-state index in [9.17, 15) is 0 Å². The summed E-state index contributed by atoms with van der Waals surface area (Å²) in [7, 11) is 1.86. The van der Waals surface area contributed by atoms with E-state index in [-0.39, 0.29) is 24.0 Å². The molecular formula is C20H44IN5. The van der Waals surface area contributed by atoms with Crippen LogP contribution in [0.15, 0.2) is 4.99 Å². The van der Waals surface area contributed by atoms with E-state index in [1.165, 1.54) is 65.0 Å². The van der Waals surface area contributed by atoms with Gasteiger partial charge in [-0.1, -0.05) is 27.7 Å². The average Bonchev–Trinajstić information content (AvgIpc) is 2.58. The fraction of sp³-hybridized carbons (Fsp3) is 0.950. The Morgan fingerprint density at radius 1 is 1.08 bits per heavy atom.